The second kappa shape index (κ2) is 19.5. The fourth-order valence-corrected chi connectivity index (χ4v) is 0.804. The summed E-state index contributed by atoms with van der Waals surface area (Å²) in [5.74, 6) is 0. The maximum Gasteiger partial charge on any atom is 0.0697 e. The molecule has 0 saturated carbocycles. The van der Waals surface area contributed by atoms with Gasteiger partial charge in [0.05, 0.1) is 13.2 Å². The lowest BCUT2D eigenvalue weighted by atomic mass is 10.4. The molecular weight excluding hydrogens is 192 g/mol. The van der Waals surface area contributed by atoms with E-state index in [0.29, 0.717) is 6.61 Å². The van der Waals surface area contributed by atoms with Crippen molar-refractivity contribution in [2.24, 2.45) is 0 Å². The number of unbranched alkanes of at least 4 members (excludes halogenated alkanes) is 2. The summed E-state index contributed by atoms with van der Waals surface area (Å²) in [4.78, 5) is 0. The largest absolute Gasteiger partial charge is 0.394 e. The zero-order valence-electron chi connectivity index (χ0n) is 10.6. The highest BCUT2D eigenvalue weighted by atomic mass is 16.5. The van der Waals surface area contributed by atoms with Crippen LogP contribution in [-0.4, -0.2) is 38.1 Å². The van der Waals surface area contributed by atoms with Gasteiger partial charge in [-0.25, -0.2) is 0 Å². The first-order chi connectivity index (χ1) is 7.33. The first kappa shape index (κ1) is 17.3. The van der Waals surface area contributed by atoms with Crippen LogP contribution in [0, 0.1) is 0 Å². The van der Waals surface area contributed by atoms with Gasteiger partial charge in [-0.05, 0) is 19.8 Å². The molecule has 0 rings (SSSR count). The SMILES string of the molecule is CCCCOCC.CCCCOCCO. The van der Waals surface area contributed by atoms with Gasteiger partial charge in [0, 0.05) is 19.8 Å². The highest BCUT2D eigenvalue weighted by Crippen LogP contribution is 1.86. The topological polar surface area (TPSA) is 38.7 Å². The van der Waals surface area contributed by atoms with Crippen molar-refractivity contribution in [2.75, 3.05) is 33.0 Å². The maximum atomic E-state index is 8.24. The normalized spacial score (nSPS) is 9.60. The summed E-state index contributed by atoms with van der Waals surface area (Å²) in [5, 5.41) is 8.24. The van der Waals surface area contributed by atoms with Crippen molar-refractivity contribution in [3.05, 3.63) is 0 Å². The molecule has 0 unspecified atom stereocenters. The van der Waals surface area contributed by atoms with Crippen LogP contribution in [-0.2, 0) is 9.47 Å². The van der Waals surface area contributed by atoms with Crippen LogP contribution in [0.1, 0.15) is 46.5 Å². The van der Waals surface area contributed by atoms with E-state index in [-0.39, 0.29) is 6.61 Å². The highest BCUT2D eigenvalue weighted by molar-refractivity contribution is 4.30. The molecule has 0 aliphatic carbocycles. The van der Waals surface area contributed by atoms with Crippen molar-refractivity contribution in [1.29, 1.82) is 0 Å². The highest BCUT2D eigenvalue weighted by Gasteiger charge is 1.82. The van der Waals surface area contributed by atoms with Gasteiger partial charge in [-0.3, -0.25) is 0 Å². The molecule has 94 valence electrons. The van der Waals surface area contributed by atoms with Crippen molar-refractivity contribution < 1.29 is 14.6 Å². The molecule has 0 aromatic rings. The van der Waals surface area contributed by atoms with E-state index in [4.69, 9.17) is 14.6 Å². The van der Waals surface area contributed by atoms with Crippen LogP contribution < -0.4 is 0 Å². The quantitative estimate of drug-likeness (QED) is 0.607. The summed E-state index contributed by atoms with van der Waals surface area (Å²) in [6, 6.07) is 0. The van der Waals surface area contributed by atoms with E-state index >= 15 is 0 Å². The summed E-state index contributed by atoms with van der Waals surface area (Å²) in [6.45, 7) is 9.52. The minimum atomic E-state index is 0.143. The minimum Gasteiger partial charge on any atom is -0.394 e. The second-order valence-electron chi connectivity index (χ2n) is 3.24. The fraction of sp³-hybridized carbons (Fsp3) is 1.00. The molecule has 0 aromatic heterocycles. The number of hydrogen-bond acceptors (Lipinski definition) is 3. The average Bonchev–Trinajstić information content (AvgIpc) is 2.26. The lowest BCUT2D eigenvalue weighted by Crippen LogP contribution is -1.99. The van der Waals surface area contributed by atoms with Gasteiger partial charge in [-0.15, -0.1) is 0 Å². The summed E-state index contributed by atoms with van der Waals surface area (Å²) in [5.41, 5.74) is 0. The summed E-state index contributed by atoms with van der Waals surface area (Å²) in [6.07, 6.45) is 4.69. The minimum absolute atomic E-state index is 0.143. The average molecular weight is 220 g/mol. The molecule has 0 atom stereocenters. The van der Waals surface area contributed by atoms with Gasteiger partial charge in [0.1, 0.15) is 0 Å². The first-order valence-corrected chi connectivity index (χ1v) is 6.09. The Morgan fingerprint density at radius 2 is 1.33 bits per heavy atom. The molecule has 0 spiro atoms. The van der Waals surface area contributed by atoms with Crippen molar-refractivity contribution >= 4 is 0 Å². The standard InChI is InChI=1S/C6H14O2.C6H14O/c1-2-3-5-8-6-4-7;1-3-5-6-7-4-2/h7H,2-6H2,1H3;3-6H2,1-2H3. The molecule has 0 aliphatic heterocycles. The van der Waals surface area contributed by atoms with E-state index in [0.717, 1.165) is 32.7 Å². The molecule has 0 saturated heterocycles. The van der Waals surface area contributed by atoms with E-state index in [1.165, 1.54) is 12.8 Å². The Morgan fingerprint density at radius 3 is 1.73 bits per heavy atom. The fourth-order valence-electron chi connectivity index (χ4n) is 0.804. The molecule has 0 aliphatic rings. The van der Waals surface area contributed by atoms with Crippen LogP contribution in [0.4, 0.5) is 0 Å². The van der Waals surface area contributed by atoms with Crippen LogP contribution in [0.25, 0.3) is 0 Å². The number of rotatable bonds is 9. The Bertz CT molecular complexity index is 76.9. The van der Waals surface area contributed by atoms with Gasteiger partial charge >= 0.3 is 0 Å². The molecule has 0 fully saturated rings. The number of aliphatic hydroxyl groups is 1. The Balaban J connectivity index is 0. The Morgan fingerprint density at radius 1 is 0.800 bits per heavy atom. The molecule has 0 radical (unpaired) electrons. The maximum absolute atomic E-state index is 8.24. The lowest BCUT2D eigenvalue weighted by molar-refractivity contribution is 0.0904. The number of ether oxygens (including phenoxy) is 2. The van der Waals surface area contributed by atoms with Gasteiger partial charge in [-0.2, -0.15) is 0 Å². The molecule has 3 nitrogen and oxygen atoms in total. The second-order valence-corrected chi connectivity index (χ2v) is 3.24. The molecule has 15 heavy (non-hydrogen) atoms. The van der Waals surface area contributed by atoms with E-state index in [2.05, 4.69) is 13.8 Å². The Hall–Kier alpha value is -0.120. The van der Waals surface area contributed by atoms with Gasteiger partial charge in [0.15, 0.2) is 0 Å². The Kier molecular flexibility index (Phi) is 22.4. The van der Waals surface area contributed by atoms with E-state index in [1.807, 2.05) is 6.92 Å². The van der Waals surface area contributed by atoms with E-state index in [9.17, 15) is 0 Å². The van der Waals surface area contributed by atoms with E-state index in [1.54, 1.807) is 0 Å². The van der Waals surface area contributed by atoms with Crippen molar-refractivity contribution in [2.45, 2.75) is 46.5 Å². The molecule has 0 aromatic carbocycles. The van der Waals surface area contributed by atoms with Gasteiger partial charge < -0.3 is 14.6 Å². The molecular formula is C12H28O3. The Labute approximate surface area is 94.8 Å². The summed E-state index contributed by atoms with van der Waals surface area (Å²) in [7, 11) is 0. The zero-order chi connectivity index (χ0) is 11.8. The van der Waals surface area contributed by atoms with Crippen LogP contribution in [0.15, 0.2) is 0 Å². The first-order valence-electron chi connectivity index (χ1n) is 6.09. The molecule has 0 heterocycles. The predicted molar refractivity (Wildman–Crippen MR) is 64.2 cm³/mol. The molecule has 3 heteroatoms. The number of aliphatic hydroxyl groups excluding tert-OH is 1. The van der Waals surface area contributed by atoms with Crippen LogP contribution in [0.2, 0.25) is 0 Å². The summed E-state index contributed by atoms with van der Waals surface area (Å²) >= 11 is 0. The van der Waals surface area contributed by atoms with Gasteiger partial charge in [0.25, 0.3) is 0 Å². The van der Waals surface area contributed by atoms with Crippen LogP contribution >= 0.6 is 0 Å². The van der Waals surface area contributed by atoms with Crippen molar-refractivity contribution in [3.63, 3.8) is 0 Å². The molecule has 0 bridgehead atoms. The summed E-state index contributed by atoms with van der Waals surface area (Å²) < 4.78 is 10.0. The predicted octanol–water partition coefficient (Wildman–Crippen LogP) is 2.62. The van der Waals surface area contributed by atoms with Crippen LogP contribution in [0.5, 0.6) is 0 Å². The molecule has 1 N–H and O–H groups in total. The smallest absolute Gasteiger partial charge is 0.0697 e. The third-order valence-corrected chi connectivity index (χ3v) is 1.72. The number of hydrogen-bond donors (Lipinski definition) is 1. The lowest BCUT2D eigenvalue weighted by Gasteiger charge is -1.97. The van der Waals surface area contributed by atoms with Gasteiger partial charge in [0.2, 0.25) is 0 Å². The van der Waals surface area contributed by atoms with E-state index < -0.39 is 0 Å². The zero-order valence-corrected chi connectivity index (χ0v) is 10.6. The van der Waals surface area contributed by atoms with Crippen molar-refractivity contribution in [1.82, 2.24) is 0 Å². The molecule has 0 amide bonds. The third-order valence-electron chi connectivity index (χ3n) is 1.72. The van der Waals surface area contributed by atoms with Crippen LogP contribution in [0.3, 0.4) is 0 Å². The third kappa shape index (κ3) is 24.8. The van der Waals surface area contributed by atoms with Crippen molar-refractivity contribution in [3.8, 4) is 0 Å². The van der Waals surface area contributed by atoms with Gasteiger partial charge in [-0.1, -0.05) is 26.7 Å². The monoisotopic (exact) mass is 220 g/mol.